The highest BCUT2D eigenvalue weighted by Gasteiger charge is 2.67. The lowest BCUT2D eigenvalue weighted by atomic mass is 9.46. The van der Waals surface area contributed by atoms with Gasteiger partial charge in [0.05, 0.1) is 25.4 Å². The van der Waals surface area contributed by atoms with Gasteiger partial charge in [0.15, 0.2) is 11.6 Å². The summed E-state index contributed by atoms with van der Waals surface area (Å²) in [6, 6.07) is 6.72. The molecule has 39 heavy (non-hydrogen) atoms. The van der Waals surface area contributed by atoms with Gasteiger partial charge in [0.1, 0.15) is 11.4 Å². The van der Waals surface area contributed by atoms with Crippen LogP contribution in [-0.4, -0.2) is 53.2 Å². The summed E-state index contributed by atoms with van der Waals surface area (Å²) in [4.78, 5) is 37.1. The van der Waals surface area contributed by atoms with Crippen molar-refractivity contribution in [2.75, 3.05) is 13.7 Å². The average molecular weight is 537 g/mol. The Morgan fingerprint density at radius 3 is 2.56 bits per heavy atom. The molecular weight excluding hydrogens is 496 g/mol. The molecule has 210 valence electrons. The number of aliphatic hydroxyl groups excluding tert-OH is 1. The van der Waals surface area contributed by atoms with E-state index in [-0.39, 0.29) is 41.2 Å². The molecular formula is C32H40O7. The standard InChI is InChI=1S/C32H40O7/c1-30-15-13-22(33)18-21(30)9-12-24-25-14-16-32(37,31(25,2)19-26(34)28(24)30)27(35)6-4-5-17-39-23-10-7-20(8-11-23)29(36)38-3/h7-8,10-11,13,15,18,24-26,28,34,37H,4-6,9,12,14,16-17,19H2,1-3H3/t24-,25-,26-,28+,30-,31-,32-/m0/s1. The number of aliphatic hydroxyl groups is 2. The van der Waals surface area contributed by atoms with E-state index in [1.165, 1.54) is 7.11 Å². The number of Topliss-reactive ketones (excluding diaryl/α,β-unsaturated/α-hetero) is 1. The number of carbonyl (C=O) groups is 3. The van der Waals surface area contributed by atoms with Crippen LogP contribution in [0.3, 0.4) is 0 Å². The fraction of sp³-hybridized carbons (Fsp3) is 0.594. The molecule has 0 spiro atoms. The van der Waals surface area contributed by atoms with Crippen LogP contribution in [0.2, 0.25) is 0 Å². The molecule has 1 aromatic rings. The fourth-order valence-electron chi connectivity index (χ4n) is 8.38. The highest BCUT2D eigenvalue weighted by molar-refractivity contribution is 6.01. The molecule has 0 radical (unpaired) electrons. The average Bonchev–Trinajstić information content (AvgIpc) is 3.19. The Bertz CT molecular complexity index is 1200. The summed E-state index contributed by atoms with van der Waals surface area (Å²) in [7, 11) is 1.34. The summed E-state index contributed by atoms with van der Waals surface area (Å²) >= 11 is 0. The minimum absolute atomic E-state index is 0.0128. The van der Waals surface area contributed by atoms with Crippen LogP contribution in [0.4, 0.5) is 0 Å². The van der Waals surface area contributed by atoms with Crippen LogP contribution in [-0.2, 0) is 14.3 Å². The Morgan fingerprint density at radius 1 is 1.10 bits per heavy atom. The van der Waals surface area contributed by atoms with Gasteiger partial charge in [-0.15, -0.1) is 0 Å². The first-order valence-corrected chi connectivity index (χ1v) is 14.2. The zero-order valence-corrected chi connectivity index (χ0v) is 23.2. The zero-order chi connectivity index (χ0) is 28.0. The van der Waals surface area contributed by atoms with Crippen LogP contribution < -0.4 is 4.74 Å². The van der Waals surface area contributed by atoms with Crippen molar-refractivity contribution in [3.05, 3.63) is 53.6 Å². The lowest BCUT2D eigenvalue weighted by molar-refractivity contribution is -0.176. The predicted molar refractivity (Wildman–Crippen MR) is 145 cm³/mol. The summed E-state index contributed by atoms with van der Waals surface area (Å²) in [6.45, 7) is 4.57. The highest BCUT2D eigenvalue weighted by atomic mass is 16.5. The van der Waals surface area contributed by atoms with E-state index in [2.05, 4.69) is 6.92 Å². The Morgan fingerprint density at radius 2 is 1.85 bits per heavy atom. The molecule has 0 bridgehead atoms. The van der Waals surface area contributed by atoms with Crippen LogP contribution in [0, 0.1) is 28.6 Å². The molecule has 5 rings (SSSR count). The third kappa shape index (κ3) is 4.57. The van der Waals surface area contributed by atoms with Gasteiger partial charge in [-0.2, -0.15) is 0 Å². The predicted octanol–water partition coefficient (Wildman–Crippen LogP) is 4.60. The van der Waals surface area contributed by atoms with Crippen molar-refractivity contribution in [3.63, 3.8) is 0 Å². The number of hydrogen-bond acceptors (Lipinski definition) is 7. The summed E-state index contributed by atoms with van der Waals surface area (Å²) < 4.78 is 10.5. The second kappa shape index (κ2) is 10.3. The first-order valence-electron chi connectivity index (χ1n) is 14.2. The fourth-order valence-corrected chi connectivity index (χ4v) is 8.38. The maximum atomic E-state index is 13.5. The van der Waals surface area contributed by atoms with Gasteiger partial charge >= 0.3 is 5.97 Å². The van der Waals surface area contributed by atoms with E-state index in [9.17, 15) is 24.6 Å². The number of unbranched alkanes of at least 4 members (excludes halogenated alkanes) is 1. The number of ketones is 2. The van der Waals surface area contributed by atoms with E-state index < -0.39 is 23.1 Å². The van der Waals surface area contributed by atoms with Gasteiger partial charge in [-0.05, 0) is 93.2 Å². The molecule has 0 heterocycles. The number of carbonyl (C=O) groups excluding carboxylic acids is 3. The number of ether oxygens (including phenoxy) is 2. The number of fused-ring (bicyclic) bond motifs is 5. The molecule has 0 amide bonds. The summed E-state index contributed by atoms with van der Waals surface area (Å²) in [5.41, 5.74) is -0.916. The van der Waals surface area contributed by atoms with Crippen molar-refractivity contribution >= 4 is 17.5 Å². The molecule has 0 unspecified atom stereocenters. The summed E-state index contributed by atoms with van der Waals surface area (Å²) in [5.74, 6) is 0.450. The topological polar surface area (TPSA) is 110 Å². The number of rotatable bonds is 8. The molecule has 7 nitrogen and oxygen atoms in total. The lowest BCUT2D eigenvalue weighted by Crippen LogP contribution is -2.61. The molecule has 2 N–H and O–H groups in total. The Labute approximate surface area is 230 Å². The minimum atomic E-state index is -1.44. The molecule has 3 fully saturated rings. The minimum Gasteiger partial charge on any atom is -0.494 e. The van der Waals surface area contributed by atoms with Gasteiger partial charge in [0.2, 0.25) is 0 Å². The molecule has 4 aliphatic rings. The van der Waals surface area contributed by atoms with Crippen molar-refractivity contribution in [2.45, 2.75) is 76.9 Å². The van der Waals surface area contributed by atoms with Crippen LogP contribution >= 0.6 is 0 Å². The maximum absolute atomic E-state index is 13.5. The number of esters is 1. The van der Waals surface area contributed by atoms with Crippen LogP contribution in [0.15, 0.2) is 48.1 Å². The molecule has 3 saturated carbocycles. The van der Waals surface area contributed by atoms with Gasteiger partial charge in [-0.3, -0.25) is 9.59 Å². The van der Waals surface area contributed by atoms with Crippen LogP contribution in [0.5, 0.6) is 5.75 Å². The number of methoxy groups -OCH3 is 1. The monoisotopic (exact) mass is 536 g/mol. The normalized spacial score (nSPS) is 36.8. The van der Waals surface area contributed by atoms with E-state index in [1.54, 1.807) is 36.4 Å². The van der Waals surface area contributed by atoms with Crippen LogP contribution in [0.25, 0.3) is 0 Å². The maximum Gasteiger partial charge on any atom is 0.337 e. The van der Waals surface area contributed by atoms with Gasteiger partial charge in [0.25, 0.3) is 0 Å². The lowest BCUT2D eigenvalue weighted by Gasteiger charge is -2.59. The van der Waals surface area contributed by atoms with Crippen molar-refractivity contribution in [3.8, 4) is 5.75 Å². The molecule has 7 heteroatoms. The van der Waals surface area contributed by atoms with Gasteiger partial charge in [-0.1, -0.05) is 25.5 Å². The van der Waals surface area contributed by atoms with Crippen molar-refractivity contribution in [2.24, 2.45) is 28.6 Å². The van der Waals surface area contributed by atoms with E-state index in [4.69, 9.17) is 9.47 Å². The highest BCUT2D eigenvalue weighted by Crippen LogP contribution is 2.67. The van der Waals surface area contributed by atoms with Crippen molar-refractivity contribution in [1.29, 1.82) is 0 Å². The third-order valence-corrected chi connectivity index (χ3v) is 10.5. The van der Waals surface area contributed by atoms with Crippen molar-refractivity contribution in [1.82, 2.24) is 0 Å². The van der Waals surface area contributed by atoms with E-state index in [0.717, 1.165) is 24.8 Å². The molecule has 1 aromatic carbocycles. The first kappa shape index (κ1) is 27.8. The zero-order valence-electron chi connectivity index (χ0n) is 23.2. The third-order valence-electron chi connectivity index (χ3n) is 10.5. The van der Waals surface area contributed by atoms with Gasteiger partial charge in [0, 0.05) is 23.2 Å². The number of benzene rings is 1. The van der Waals surface area contributed by atoms with Gasteiger partial charge < -0.3 is 19.7 Å². The number of allylic oxidation sites excluding steroid dienone is 4. The second-order valence-electron chi connectivity index (χ2n) is 12.4. The smallest absolute Gasteiger partial charge is 0.337 e. The molecule has 4 aliphatic carbocycles. The molecule has 0 aliphatic heterocycles. The Balaban J connectivity index is 1.19. The van der Waals surface area contributed by atoms with E-state index >= 15 is 0 Å². The van der Waals surface area contributed by atoms with E-state index in [1.807, 2.05) is 13.0 Å². The quantitative estimate of drug-likeness (QED) is 0.369. The van der Waals surface area contributed by atoms with E-state index in [0.29, 0.717) is 43.6 Å². The van der Waals surface area contributed by atoms with Crippen LogP contribution in [0.1, 0.15) is 75.6 Å². The molecule has 7 atom stereocenters. The van der Waals surface area contributed by atoms with Crippen molar-refractivity contribution < 1.29 is 34.1 Å². The summed E-state index contributed by atoms with van der Waals surface area (Å²) in [5, 5.41) is 23.4. The SMILES string of the molecule is COC(=O)c1ccc(OCCCCC(=O)[C@@]2(O)CC[C@H]3[C@@H]4CCC5=CC(=O)C=C[C@]5(C)[C@H]4[C@@H](O)C[C@@]32C)cc1. The second-order valence-corrected chi connectivity index (χ2v) is 12.4. The summed E-state index contributed by atoms with van der Waals surface area (Å²) in [6.07, 6.45) is 9.49. The van der Waals surface area contributed by atoms with Gasteiger partial charge in [-0.25, -0.2) is 4.79 Å². The first-order chi connectivity index (χ1) is 18.5. The molecule has 0 aromatic heterocycles. The Kier molecular flexibility index (Phi) is 7.36. The Hall–Kier alpha value is -2.77. The molecule has 0 saturated heterocycles. The number of hydrogen-bond donors (Lipinski definition) is 2. The largest absolute Gasteiger partial charge is 0.494 e.